The standard InChI is InChI=1S/C10H16.C6H6O/c1-7-2-9-4-8(1)5-10(3-7)6-9;7-6-4-2-1-3-5-6/h7-10H,1-6H2;1-5,7H. The number of rotatable bonds is 0. The van der Waals surface area contributed by atoms with Gasteiger partial charge < -0.3 is 5.11 Å². The Bertz CT molecular complexity index is 301. The highest BCUT2D eigenvalue weighted by molar-refractivity contribution is 5.18. The number of phenols is 1. The third-order valence-corrected chi connectivity index (χ3v) is 4.76. The monoisotopic (exact) mass is 230 g/mol. The first kappa shape index (κ1) is 11.1. The molecule has 0 amide bonds. The van der Waals surface area contributed by atoms with E-state index in [2.05, 4.69) is 0 Å². The molecule has 4 bridgehead atoms. The maximum atomic E-state index is 8.63. The molecular weight excluding hydrogens is 208 g/mol. The van der Waals surface area contributed by atoms with Crippen molar-refractivity contribution in [1.29, 1.82) is 0 Å². The topological polar surface area (TPSA) is 20.2 Å². The Kier molecular flexibility index (Phi) is 3.09. The van der Waals surface area contributed by atoms with Crippen LogP contribution < -0.4 is 0 Å². The normalized spacial score (nSPS) is 37.4. The molecule has 4 fully saturated rings. The molecule has 1 aromatic carbocycles. The van der Waals surface area contributed by atoms with Gasteiger partial charge in [0.1, 0.15) is 5.75 Å². The van der Waals surface area contributed by atoms with Crippen molar-refractivity contribution >= 4 is 0 Å². The van der Waals surface area contributed by atoms with E-state index in [1.807, 2.05) is 6.07 Å². The molecule has 0 spiro atoms. The molecule has 1 N–H and O–H groups in total. The average molecular weight is 230 g/mol. The van der Waals surface area contributed by atoms with Crippen LogP contribution in [0.2, 0.25) is 0 Å². The Labute approximate surface area is 104 Å². The summed E-state index contributed by atoms with van der Waals surface area (Å²) in [6, 6.07) is 8.71. The summed E-state index contributed by atoms with van der Waals surface area (Å²) in [6.07, 6.45) is 9.62. The zero-order chi connectivity index (χ0) is 11.7. The van der Waals surface area contributed by atoms with Crippen LogP contribution in [0.5, 0.6) is 5.75 Å². The first-order chi connectivity index (χ1) is 8.29. The lowest BCUT2D eigenvalue weighted by Crippen LogP contribution is -2.38. The van der Waals surface area contributed by atoms with Crippen LogP contribution in [-0.2, 0) is 0 Å². The molecule has 4 aliphatic rings. The number of hydrogen-bond acceptors (Lipinski definition) is 1. The summed E-state index contributed by atoms with van der Waals surface area (Å²) in [5.74, 6) is 5.03. The lowest BCUT2D eigenvalue weighted by molar-refractivity contribution is 0.0198. The summed E-state index contributed by atoms with van der Waals surface area (Å²) in [4.78, 5) is 0. The van der Waals surface area contributed by atoms with Crippen LogP contribution in [0.15, 0.2) is 30.3 Å². The minimum absolute atomic E-state index is 0.322. The van der Waals surface area contributed by atoms with Gasteiger partial charge in [-0.25, -0.2) is 0 Å². The number of hydrogen-bond donors (Lipinski definition) is 1. The summed E-state index contributed by atoms with van der Waals surface area (Å²) < 4.78 is 0. The van der Waals surface area contributed by atoms with E-state index in [9.17, 15) is 0 Å². The summed E-state index contributed by atoms with van der Waals surface area (Å²) >= 11 is 0. The number of aromatic hydroxyl groups is 1. The highest BCUT2D eigenvalue weighted by atomic mass is 16.3. The highest BCUT2D eigenvalue weighted by Crippen LogP contribution is 2.53. The summed E-state index contributed by atoms with van der Waals surface area (Å²) in [6.45, 7) is 0. The van der Waals surface area contributed by atoms with Gasteiger partial charge >= 0.3 is 0 Å². The predicted molar refractivity (Wildman–Crippen MR) is 69.8 cm³/mol. The molecule has 5 rings (SSSR count). The van der Waals surface area contributed by atoms with E-state index in [4.69, 9.17) is 5.11 Å². The van der Waals surface area contributed by atoms with Crippen LogP contribution in [0.3, 0.4) is 0 Å². The van der Waals surface area contributed by atoms with Gasteiger partial charge in [0.25, 0.3) is 0 Å². The summed E-state index contributed by atoms with van der Waals surface area (Å²) in [5, 5.41) is 8.63. The van der Waals surface area contributed by atoms with Crippen LogP contribution >= 0.6 is 0 Å². The lowest BCUT2D eigenvalue weighted by atomic mass is 9.56. The van der Waals surface area contributed by atoms with Crippen molar-refractivity contribution in [2.45, 2.75) is 38.5 Å². The Balaban J connectivity index is 0.000000115. The van der Waals surface area contributed by atoms with Gasteiger partial charge in [-0.15, -0.1) is 0 Å². The molecule has 1 aromatic rings. The van der Waals surface area contributed by atoms with Crippen LogP contribution in [0.1, 0.15) is 38.5 Å². The van der Waals surface area contributed by atoms with Crippen molar-refractivity contribution < 1.29 is 5.11 Å². The van der Waals surface area contributed by atoms with Crippen molar-refractivity contribution in [2.75, 3.05) is 0 Å². The van der Waals surface area contributed by atoms with E-state index in [0.29, 0.717) is 5.75 Å². The molecule has 0 heterocycles. The lowest BCUT2D eigenvalue weighted by Gasteiger charge is -2.49. The van der Waals surface area contributed by atoms with Crippen LogP contribution in [0, 0.1) is 23.7 Å². The Morgan fingerprint density at radius 3 is 1.24 bits per heavy atom. The molecule has 0 unspecified atom stereocenters. The highest BCUT2D eigenvalue weighted by Gasteiger charge is 2.41. The maximum Gasteiger partial charge on any atom is 0.115 e. The van der Waals surface area contributed by atoms with Crippen LogP contribution in [0.25, 0.3) is 0 Å². The van der Waals surface area contributed by atoms with Crippen molar-refractivity contribution in [1.82, 2.24) is 0 Å². The minimum atomic E-state index is 0.322. The second-order valence-corrected chi connectivity index (χ2v) is 6.21. The fourth-order valence-corrected chi connectivity index (χ4v) is 4.41. The van der Waals surface area contributed by atoms with Crippen molar-refractivity contribution in [3.05, 3.63) is 30.3 Å². The molecule has 0 aliphatic heterocycles. The molecule has 1 heteroatoms. The molecule has 0 atom stereocenters. The van der Waals surface area contributed by atoms with E-state index in [1.165, 1.54) is 23.7 Å². The molecule has 4 saturated carbocycles. The third kappa shape index (κ3) is 2.65. The van der Waals surface area contributed by atoms with Gasteiger partial charge in [-0.3, -0.25) is 0 Å². The molecular formula is C16H22O. The Morgan fingerprint density at radius 1 is 0.647 bits per heavy atom. The van der Waals surface area contributed by atoms with Gasteiger partial charge in [-0.2, -0.15) is 0 Å². The number of phenolic OH excluding ortho intramolecular Hbond substituents is 1. The maximum absolute atomic E-state index is 8.63. The van der Waals surface area contributed by atoms with Crippen molar-refractivity contribution in [3.63, 3.8) is 0 Å². The Morgan fingerprint density at radius 2 is 1.00 bits per heavy atom. The fraction of sp³-hybridized carbons (Fsp3) is 0.625. The summed E-state index contributed by atoms with van der Waals surface area (Å²) in [7, 11) is 0. The summed E-state index contributed by atoms with van der Waals surface area (Å²) in [5.41, 5.74) is 0. The molecule has 0 aromatic heterocycles. The first-order valence-corrected chi connectivity index (χ1v) is 7.03. The number of benzene rings is 1. The van der Waals surface area contributed by atoms with Gasteiger partial charge in [-0.1, -0.05) is 18.2 Å². The van der Waals surface area contributed by atoms with E-state index in [0.717, 1.165) is 0 Å². The smallest absolute Gasteiger partial charge is 0.115 e. The quantitative estimate of drug-likeness (QED) is 0.707. The van der Waals surface area contributed by atoms with Crippen LogP contribution in [0.4, 0.5) is 0 Å². The average Bonchev–Trinajstić information content (AvgIpc) is 2.28. The number of para-hydroxylation sites is 1. The van der Waals surface area contributed by atoms with Gasteiger partial charge in [0.2, 0.25) is 0 Å². The van der Waals surface area contributed by atoms with Crippen molar-refractivity contribution in [3.8, 4) is 5.75 Å². The fourth-order valence-electron chi connectivity index (χ4n) is 4.41. The largest absolute Gasteiger partial charge is 0.508 e. The second-order valence-electron chi connectivity index (χ2n) is 6.21. The van der Waals surface area contributed by atoms with Crippen molar-refractivity contribution in [2.24, 2.45) is 23.7 Å². The first-order valence-electron chi connectivity index (χ1n) is 7.03. The second kappa shape index (κ2) is 4.72. The van der Waals surface area contributed by atoms with Gasteiger partial charge in [0.15, 0.2) is 0 Å². The zero-order valence-electron chi connectivity index (χ0n) is 10.4. The molecule has 17 heavy (non-hydrogen) atoms. The molecule has 0 saturated heterocycles. The molecule has 1 nitrogen and oxygen atoms in total. The van der Waals surface area contributed by atoms with E-state index < -0.39 is 0 Å². The molecule has 4 aliphatic carbocycles. The van der Waals surface area contributed by atoms with E-state index >= 15 is 0 Å². The predicted octanol–water partition coefficient (Wildman–Crippen LogP) is 4.22. The van der Waals surface area contributed by atoms with E-state index in [1.54, 1.807) is 62.8 Å². The third-order valence-electron chi connectivity index (χ3n) is 4.76. The van der Waals surface area contributed by atoms with Gasteiger partial charge in [0, 0.05) is 0 Å². The van der Waals surface area contributed by atoms with E-state index in [-0.39, 0.29) is 0 Å². The molecule has 92 valence electrons. The Hall–Kier alpha value is -0.980. The van der Waals surface area contributed by atoms with Gasteiger partial charge in [-0.05, 0) is 74.3 Å². The van der Waals surface area contributed by atoms with Crippen LogP contribution in [-0.4, -0.2) is 5.11 Å². The zero-order valence-corrected chi connectivity index (χ0v) is 10.4. The molecule has 0 radical (unpaired) electrons. The SMILES string of the molecule is C1C2CC3CC1CC(C2)C3.Oc1ccccc1. The van der Waals surface area contributed by atoms with Gasteiger partial charge in [0.05, 0.1) is 0 Å². The minimum Gasteiger partial charge on any atom is -0.508 e.